The number of nitrogens with zero attached hydrogens (tertiary/aromatic N) is 4. The Morgan fingerprint density at radius 1 is 1.13 bits per heavy atom. The van der Waals surface area contributed by atoms with E-state index < -0.39 is 0 Å². The van der Waals surface area contributed by atoms with Gasteiger partial charge in [-0.15, -0.1) is 0 Å². The van der Waals surface area contributed by atoms with Crippen LogP contribution in [0.3, 0.4) is 0 Å². The molecule has 158 valence electrons. The molecule has 1 N–H and O–H groups in total. The monoisotopic (exact) mass is 408 g/mol. The first-order chi connectivity index (χ1) is 14.5. The molecular formula is C23H28N4O3. The molecule has 0 amide bonds. The molecule has 1 aliphatic heterocycles. The van der Waals surface area contributed by atoms with E-state index in [0.717, 1.165) is 48.1 Å². The summed E-state index contributed by atoms with van der Waals surface area (Å²) in [6.07, 6.45) is 3.14. The Balaban J connectivity index is 1.64. The van der Waals surface area contributed by atoms with Crippen molar-refractivity contribution in [2.75, 3.05) is 38.8 Å². The number of aryl methyl sites for hydroxylation is 1. The van der Waals surface area contributed by atoms with Gasteiger partial charge in [-0.05, 0) is 43.5 Å². The highest BCUT2D eigenvalue weighted by atomic mass is 16.5. The number of hydrogen-bond acceptors (Lipinski definition) is 7. The van der Waals surface area contributed by atoms with Gasteiger partial charge in [0.15, 0.2) is 11.5 Å². The molecule has 0 saturated carbocycles. The Hall–Kier alpha value is -2.90. The second kappa shape index (κ2) is 8.85. The Labute approximate surface area is 176 Å². The molecule has 2 heterocycles. The number of fused-ring (bicyclic) bond motifs is 1. The fraction of sp³-hybridized carbons (Fsp3) is 0.391. The van der Waals surface area contributed by atoms with Crippen molar-refractivity contribution < 1.29 is 14.6 Å². The molecule has 0 radical (unpaired) electrons. The number of piperidine rings is 1. The number of ether oxygens (including phenoxy) is 2. The van der Waals surface area contributed by atoms with Crippen LogP contribution in [0.1, 0.15) is 18.4 Å². The number of aliphatic hydroxyl groups is 1. The van der Waals surface area contributed by atoms with E-state index >= 15 is 0 Å². The van der Waals surface area contributed by atoms with Gasteiger partial charge in [0.05, 0.1) is 11.6 Å². The molecular weight excluding hydrogens is 380 g/mol. The number of aliphatic hydroxyl groups excluding tert-OH is 1. The van der Waals surface area contributed by atoms with E-state index in [1.165, 1.54) is 0 Å². The SMILES string of the molecule is Cc1cccc(Oc2cc3cnc(N(C)C)nc3cc2OCN2CCC(O)CC2)c1. The number of benzene rings is 2. The fourth-order valence-electron chi connectivity index (χ4n) is 3.45. The summed E-state index contributed by atoms with van der Waals surface area (Å²) in [5.41, 5.74) is 1.93. The van der Waals surface area contributed by atoms with Gasteiger partial charge >= 0.3 is 0 Å². The van der Waals surface area contributed by atoms with E-state index in [2.05, 4.69) is 14.9 Å². The molecule has 1 fully saturated rings. The van der Waals surface area contributed by atoms with Gasteiger partial charge in [0.25, 0.3) is 0 Å². The molecule has 0 bridgehead atoms. The molecule has 30 heavy (non-hydrogen) atoms. The highest BCUT2D eigenvalue weighted by molar-refractivity contribution is 5.83. The number of anilines is 1. The predicted octanol–water partition coefficient (Wildman–Crippen LogP) is 3.59. The van der Waals surface area contributed by atoms with Crippen LogP contribution in [-0.4, -0.2) is 60.0 Å². The maximum Gasteiger partial charge on any atom is 0.225 e. The van der Waals surface area contributed by atoms with E-state index in [0.29, 0.717) is 24.2 Å². The van der Waals surface area contributed by atoms with Gasteiger partial charge in [0.1, 0.15) is 12.5 Å². The zero-order chi connectivity index (χ0) is 21.1. The standard InChI is InChI=1S/C23H28N4O3/c1-16-5-4-6-19(11-16)30-22-12-17-14-24-23(26(2)3)25-20(17)13-21(22)29-15-27-9-7-18(28)8-10-27/h4-6,11-14,18,28H,7-10,15H2,1-3H3. The van der Waals surface area contributed by atoms with Gasteiger partial charge < -0.3 is 19.5 Å². The zero-order valence-corrected chi connectivity index (χ0v) is 17.7. The van der Waals surface area contributed by atoms with Gasteiger partial charge in [0, 0.05) is 44.8 Å². The van der Waals surface area contributed by atoms with Crippen LogP contribution in [0.5, 0.6) is 17.2 Å². The van der Waals surface area contributed by atoms with Crippen molar-refractivity contribution in [3.8, 4) is 17.2 Å². The van der Waals surface area contributed by atoms with Gasteiger partial charge in [-0.25, -0.2) is 9.97 Å². The molecule has 0 spiro atoms. The third kappa shape index (κ3) is 4.80. The van der Waals surface area contributed by atoms with Crippen molar-refractivity contribution in [3.63, 3.8) is 0 Å². The first-order valence-corrected chi connectivity index (χ1v) is 10.2. The first kappa shape index (κ1) is 20.4. The minimum atomic E-state index is -0.205. The van der Waals surface area contributed by atoms with Gasteiger partial charge in [-0.2, -0.15) is 0 Å². The van der Waals surface area contributed by atoms with Crippen molar-refractivity contribution in [1.82, 2.24) is 14.9 Å². The summed E-state index contributed by atoms with van der Waals surface area (Å²) < 4.78 is 12.4. The van der Waals surface area contributed by atoms with Crippen LogP contribution in [0.4, 0.5) is 5.95 Å². The zero-order valence-electron chi connectivity index (χ0n) is 17.7. The molecule has 0 aliphatic carbocycles. The summed E-state index contributed by atoms with van der Waals surface area (Å²) >= 11 is 0. The number of likely N-dealkylation sites (tertiary alicyclic amines) is 1. The smallest absolute Gasteiger partial charge is 0.225 e. The Bertz CT molecular complexity index is 1020. The van der Waals surface area contributed by atoms with E-state index in [1.807, 2.05) is 62.3 Å². The second-order valence-corrected chi connectivity index (χ2v) is 7.96. The maximum atomic E-state index is 9.73. The van der Waals surface area contributed by atoms with Crippen molar-refractivity contribution in [1.29, 1.82) is 0 Å². The molecule has 3 aromatic rings. The molecule has 0 unspecified atom stereocenters. The van der Waals surface area contributed by atoms with Gasteiger partial charge in [-0.3, -0.25) is 4.90 Å². The summed E-state index contributed by atoms with van der Waals surface area (Å²) in [6.45, 7) is 4.10. The van der Waals surface area contributed by atoms with Crippen LogP contribution >= 0.6 is 0 Å². The highest BCUT2D eigenvalue weighted by Crippen LogP contribution is 2.36. The average Bonchev–Trinajstić information content (AvgIpc) is 2.73. The molecule has 7 heteroatoms. The summed E-state index contributed by atoms with van der Waals surface area (Å²) in [6, 6.07) is 11.8. The highest BCUT2D eigenvalue weighted by Gasteiger charge is 2.18. The van der Waals surface area contributed by atoms with Crippen LogP contribution < -0.4 is 14.4 Å². The lowest BCUT2D eigenvalue weighted by atomic mass is 10.1. The second-order valence-electron chi connectivity index (χ2n) is 7.96. The summed E-state index contributed by atoms with van der Waals surface area (Å²) in [5, 5.41) is 10.6. The maximum absolute atomic E-state index is 9.73. The quantitative estimate of drug-likeness (QED) is 0.668. The van der Waals surface area contributed by atoms with Crippen LogP contribution in [-0.2, 0) is 0 Å². The summed E-state index contributed by atoms with van der Waals surface area (Å²) in [5.74, 6) is 2.67. The summed E-state index contributed by atoms with van der Waals surface area (Å²) in [4.78, 5) is 13.1. The fourth-order valence-corrected chi connectivity index (χ4v) is 3.45. The van der Waals surface area contributed by atoms with Crippen LogP contribution in [0, 0.1) is 6.92 Å². The van der Waals surface area contributed by atoms with Crippen molar-refractivity contribution >= 4 is 16.9 Å². The normalized spacial score (nSPS) is 15.3. The topological polar surface area (TPSA) is 71.0 Å². The van der Waals surface area contributed by atoms with Crippen LogP contribution in [0.25, 0.3) is 10.9 Å². The van der Waals surface area contributed by atoms with Crippen LogP contribution in [0.15, 0.2) is 42.6 Å². The largest absolute Gasteiger partial charge is 0.474 e. The van der Waals surface area contributed by atoms with Crippen molar-refractivity contribution in [3.05, 3.63) is 48.2 Å². The van der Waals surface area contributed by atoms with E-state index in [9.17, 15) is 5.11 Å². The van der Waals surface area contributed by atoms with Gasteiger partial charge in [-0.1, -0.05) is 12.1 Å². The molecule has 4 rings (SSSR count). The van der Waals surface area contributed by atoms with Gasteiger partial charge in [0.2, 0.25) is 5.95 Å². The third-order valence-corrected chi connectivity index (χ3v) is 5.21. The minimum Gasteiger partial charge on any atom is -0.474 e. The minimum absolute atomic E-state index is 0.205. The van der Waals surface area contributed by atoms with Crippen molar-refractivity contribution in [2.45, 2.75) is 25.9 Å². The third-order valence-electron chi connectivity index (χ3n) is 5.21. The molecule has 1 aromatic heterocycles. The Morgan fingerprint density at radius 3 is 2.67 bits per heavy atom. The number of hydrogen-bond donors (Lipinski definition) is 1. The first-order valence-electron chi connectivity index (χ1n) is 10.2. The lowest BCUT2D eigenvalue weighted by molar-refractivity contribution is 0.0425. The Kier molecular flexibility index (Phi) is 6.01. The number of rotatable bonds is 6. The molecule has 1 saturated heterocycles. The average molecular weight is 409 g/mol. The summed E-state index contributed by atoms with van der Waals surface area (Å²) in [7, 11) is 3.83. The lowest BCUT2D eigenvalue weighted by Gasteiger charge is -2.29. The van der Waals surface area contributed by atoms with E-state index in [4.69, 9.17) is 9.47 Å². The molecule has 1 aliphatic rings. The van der Waals surface area contributed by atoms with Crippen molar-refractivity contribution in [2.24, 2.45) is 0 Å². The number of aromatic nitrogens is 2. The van der Waals surface area contributed by atoms with E-state index in [1.54, 1.807) is 6.20 Å². The van der Waals surface area contributed by atoms with E-state index in [-0.39, 0.29) is 6.10 Å². The molecule has 0 atom stereocenters. The Morgan fingerprint density at radius 2 is 1.93 bits per heavy atom. The molecule has 2 aromatic carbocycles. The predicted molar refractivity (Wildman–Crippen MR) is 117 cm³/mol. The molecule has 7 nitrogen and oxygen atoms in total. The lowest BCUT2D eigenvalue weighted by Crippen LogP contribution is -2.38. The van der Waals surface area contributed by atoms with Crippen LogP contribution in [0.2, 0.25) is 0 Å².